The van der Waals surface area contributed by atoms with Crippen LogP contribution in [0.3, 0.4) is 0 Å². The summed E-state index contributed by atoms with van der Waals surface area (Å²) in [7, 11) is 0. The predicted molar refractivity (Wildman–Crippen MR) is 183 cm³/mol. The number of rotatable bonds is 26. The first-order chi connectivity index (χ1) is 24.4. The smallest absolute Gasteiger partial charge is 0.307 e. The quantitative estimate of drug-likeness (QED) is 0.0526. The standard InChI is InChI=1S/C37H56N2O12/c1-7-8-9-10-11-12-13-14-15-16-17-18-19-20-34(44)51-36(33-22-38-24-46-33)37-39-30(23-45-37)31(48-27(4)41)21-32(49-28(5)42)35(50-29(6)43)25(2)47-26(3)40/h22-25,31-32,35-36H,7-21H2,1-6H3. The molecule has 0 saturated carbocycles. The summed E-state index contributed by atoms with van der Waals surface area (Å²) in [6.45, 7) is 8.35. The molecular weight excluding hydrogens is 664 g/mol. The Kier molecular flexibility index (Phi) is 20.2. The zero-order valence-electron chi connectivity index (χ0n) is 31.0. The average Bonchev–Trinajstić information content (AvgIpc) is 3.77. The molecule has 286 valence electrons. The van der Waals surface area contributed by atoms with Crippen molar-refractivity contribution in [3.05, 3.63) is 36.2 Å². The van der Waals surface area contributed by atoms with Crippen LogP contribution in [0.2, 0.25) is 0 Å². The number of nitrogens with zero attached hydrogens (tertiary/aromatic N) is 2. The fourth-order valence-corrected chi connectivity index (χ4v) is 5.73. The fraction of sp³-hybridized carbons (Fsp3) is 0.703. The summed E-state index contributed by atoms with van der Waals surface area (Å²) in [5.74, 6) is -3.19. The molecule has 0 bridgehead atoms. The first-order valence-corrected chi connectivity index (χ1v) is 18.1. The van der Waals surface area contributed by atoms with Crippen molar-refractivity contribution in [2.75, 3.05) is 0 Å². The average molecular weight is 721 g/mol. The molecule has 2 aromatic heterocycles. The monoisotopic (exact) mass is 720 g/mol. The van der Waals surface area contributed by atoms with Gasteiger partial charge < -0.3 is 32.5 Å². The third-order valence-corrected chi connectivity index (χ3v) is 8.09. The van der Waals surface area contributed by atoms with E-state index in [0.717, 1.165) is 33.1 Å². The molecule has 0 spiro atoms. The predicted octanol–water partition coefficient (Wildman–Crippen LogP) is 7.59. The lowest BCUT2D eigenvalue weighted by Gasteiger charge is -2.31. The molecule has 0 aliphatic carbocycles. The van der Waals surface area contributed by atoms with Gasteiger partial charge in [0.1, 0.15) is 24.2 Å². The number of hydrogen-bond donors (Lipinski definition) is 0. The van der Waals surface area contributed by atoms with Crippen molar-refractivity contribution in [1.29, 1.82) is 0 Å². The first-order valence-electron chi connectivity index (χ1n) is 18.1. The molecule has 0 aliphatic rings. The van der Waals surface area contributed by atoms with E-state index in [2.05, 4.69) is 16.9 Å². The Balaban J connectivity index is 2.07. The number of carbonyl (C=O) groups is 5. The van der Waals surface area contributed by atoms with E-state index in [1.54, 1.807) is 0 Å². The molecule has 14 nitrogen and oxygen atoms in total. The Morgan fingerprint density at radius 3 is 1.75 bits per heavy atom. The van der Waals surface area contributed by atoms with Gasteiger partial charge in [-0.1, -0.05) is 84.0 Å². The lowest BCUT2D eigenvalue weighted by molar-refractivity contribution is -0.185. The molecule has 2 heterocycles. The van der Waals surface area contributed by atoms with Gasteiger partial charge in [-0.15, -0.1) is 0 Å². The van der Waals surface area contributed by atoms with E-state index in [0.29, 0.717) is 6.42 Å². The molecule has 0 fully saturated rings. The van der Waals surface area contributed by atoms with E-state index in [1.165, 1.54) is 97.4 Å². The maximum absolute atomic E-state index is 12.9. The molecule has 0 aliphatic heterocycles. The van der Waals surface area contributed by atoms with Crippen LogP contribution in [-0.4, -0.2) is 58.1 Å². The molecule has 0 N–H and O–H groups in total. The van der Waals surface area contributed by atoms with Crippen molar-refractivity contribution in [3.63, 3.8) is 0 Å². The highest BCUT2D eigenvalue weighted by Gasteiger charge is 2.38. The topological polar surface area (TPSA) is 184 Å². The Labute approximate surface area is 300 Å². The Morgan fingerprint density at radius 2 is 1.24 bits per heavy atom. The second kappa shape index (κ2) is 24.0. The molecule has 14 heteroatoms. The zero-order chi connectivity index (χ0) is 37.6. The number of esters is 5. The van der Waals surface area contributed by atoms with Gasteiger partial charge in [0, 0.05) is 40.5 Å². The van der Waals surface area contributed by atoms with Crippen molar-refractivity contribution < 1.29 is 56.5 Å². The molecule has 5 unspecified atom stereocenters. The molecule has 0 radical (unpaired) electrons. The van der Waals surface area contributed by atoms with Crippen molar-refractivity contribution in [1.82, 2.24) is 9.97 Å². The van der Waals surface area contributed by atoms with Gasteiger partial charge in [0.2, 0.25) is 12.0 Å². The van der Waals surface area contributed by atoms with Gasteiger partial charge in [0.25, 0.3) is 0 Å². The summed E-state index contributed by atoms with van der Waals surface area (Å²) in [5.41, 5.74) is 0.0797. The summed E-state index contributed by atoms with van der Waals surface area (Å²) >= 11 is 0. The largest absolute Gasteiger partial charge is 0.459 e. The molecular formula is C37H56N2O12. The highest BCUT2D eigenvalue weighted by Crippen LogP contribution is 2.32. The fourth-order valence-electron chi connectivity index (χ4n) is 5.73. The van der Waals surface area contributed by atoms with Crippen molar-refractivity contribution in [2.45, 2.75) is 168 Å². The number of carbonyl (C=O) groups excluding carboxylic acids is 5. The number of aromatic nitrogens is 2. The zero-order valence-corrected chi connectivity index (χ0v) is 31.0. The minimum atomic E-state index is -1.26. The van der Waals surface area contributed by atoms with Gasteiger partial charge in [-0.25, -0.2) is 9.97 Å². The second-order valence-electron chi connectivity index (χ2n) is 12.7. The molecule has 5 atom stereocenters. The van der Waals surface area contributed by atoms with Crippen LogP contribution in [0.15, 0.2) is 27.7 Å². The van der Waals surface area contributed by atoms with Crippen molar-refractivity contribution in [2.24, 2.45) is 0 Å². The van der Waals surface area contributed by atoms with Crippen LogP contribution >= 0.6 is 0 Å². The number of unbranched alkanes of at least 4 members (excludes halogenated alkanes) is 12. The second-order valence-corrected chi connectivity index (χ2v) is 12.7. The third-order valence-electron chi connectivity index (χ3n) is 8.09. The molecule has 2 aromatic rings. The van der Waals surface area contributed by atoms with Crippen LogP contribution in [0.1, 0.15) is 167 Å². The van der Waals surface area contributed by atoms with Gasteiger partial charge in [-0.2, -0.15) is 0 Å². The van der Waals surface area contributed by atoms with Gasteiger partial charge in [-0.3, -0.25) is 24.0 Å². The molecule has 51 heavy (non-hydrogen) atoms. The normalized spacial score (nSPS) is 14.1. The number of hydrogen-bond acceptors (Lipinski definition) is 14. The molecule has 0 amide bonds. The third kappa shape index (κ3) is 17.5. The van der Waals surface area contributed by atoms with Crippen molar-refractivity contribution in [3.8, 4) is 0 Å². The van der Waals surface area contributed by atoms with Crippen LogP contribution in [-0.2, 0) is 47.7 Å². The van der Waals surface area contributed by atoms with Gasteiger partial charge in [0.15, 0.2) is 24.4 Å². The van der Waals surface area contributed by atoms with E-state index in [-0.39, 0.29) is 30.2 Å². The Morgan fingerprint density at radius 1 is 0.686 bits per heavy atom. The van der Waals surface area contributed by atoms with Gasteiger partial charge in [-0.05, 0) is 13.3 Å². The maximum Gasteiger partial charge on any atom is 0.307 e. The highest BCUT2D eigenvalue weighted by atomic mass is 16.6. The minimum absolute atomic E-state index is 0.0773. The van der Waals surface area contributed by atoms with Crippen molar-refractivity contribution >= 4 is 29.8 Å². The Hall–Kier alpha value is -4.23. The number of oxazole rings is 2. The maximum atomic E-state index is 12.9. The van der Waals surface area contributed by atoms with E-state index >= 15 is 0 Å². The lowest BCUT2D eigenvalue weighted by atomic mass is 10.0. The van der Waals surface area contributed by atoms with Crippen LogP contribution in [0.25, 0.3) is 0 Å². The first kappa shape index (κ1) is 42.9. The lowest BCUT2D eigenvalue weighted by Crippen LogP contribution is -2.44. The summed E-state index contributed by atoms with van der Waals surface area (Å²) in [6, 6.07) is 0. The van der Waals surface area contributed by atoms with Crippen LogP contribution in [0, 0.1) is 0 Å². The Bertz CT molecular complexity index is 1320. The molecule has 0 aromatic carbocycles. The van der Waals surface area contributed by atoms with E-state index in [4.69, 9.17) is 32.5 Å². The van der Waals surface area contributed by atoms with Gasteiger partial charge >= 0.3 is 29.8 Å². The van der Waals surface area contributed by atoms with Gasteiger partial charge in [0.05, 0.1) is 6.20 Å². The minimum Gasteiger partial charge on any atom is -0.459 e. The van der Waals surface area contributed by atoms with E-state index < -0.39 is 60.4 Å². The molecule has 0 saturated heterocycles. The van der Waals surface area contributed by atoms with Crippen LogP contribution in [0.4, 0.5) is 0 Å². The summed E-state index contributed by atoms with van der Waals surface area (Å²) < 4.78 is 38.4. The van der Waals surface area contributed by atoms with E-state index in [1.807, 2.05) is 0 Å². The molecule has 2 rings (SSSR count). The SMILES string of the molecule is CCCCCCCCCCCCCCCC(=O)OC(c1cnco1)c1nc(C(CC(OC(C)=O)C(OC(C)=O)C(C)OC(C)=O)OC(C)=O)co1. The number of ether oxygens (including phenoxy) is 5. The summed E-state index contributed by atoms with van der Waals surface area (Å²) in [6.07, 6.45) is 13.1. The van der Waals surface area contributed by atoms with Crippen LogP contribution < -0.4 is 0 Å². The van der Waals surface area contributed by atoms with Crippen LogP contribution in [0.5, 0.6) is 0 Å². The summed E-state index contributed by atoms with van der Waals surface area (Å²) in [5, 5.41) is 0. The highest BCUT2D eigenvalue weighted by molar-refractivity contribution is 5.70. The summed E-state index contributed by atoms with van der Waals surface area (Å²) in [4.78, 5) is 69.2. The van der Waals surface area contributed by atoms with E-state index in [9.17, 15) is 24.0 Å².